The van der Waals surface area contributed by atoms with Crippen LogP contribution in [-0.4, -0.2) is 11.6 Å². The van der Waals surface area contributed by atoms with Crippen LogP contribution in [0.25, 0.3) is 0 Å². The van der Waals surface area contributed by atoms with Gasteiger partial charge in [-0.25, -0.2) is 0 Å². The Kier molecular flexibility index (Phi) is 6.76. The Bertz CT molecular complexity index is 237. The Hall–Kier alpha value is -1.05. The number of rotatable bonds is 6. The number of hydrogen-bond donors (Lipinski definition) is 0. The van der Waals surface area contributed by atoms with Gasteiger partial charge < -0.3 is 4.74 Å². The number of hydrogen-bond acceptors (Lipinski definition) is 2. The highest BCUT2D eigenvalue weighted by molar-refractivity contribution is 5.69. The molecule has 0 radical (unpaired) electrons. The summed E-state index contributed by atoms with van der Waals surface area (Å²) in [7, 11) is 0. The normalized spacial score (nSPS) is 12.5. The van der Waals surface area contributed by atoms with Crippen molar-refractivity contribution in [2.75, 3.05) is 0 Å². The summed E-state index contributed by atoms with van der Waals surface area (Å²) in [4.78, 5) is 11.1. The molecule has 0 spiro atoms. The van der Waals surface area contributed by atoms with Gasteiger partial charge in [0.2, 0.25) is 0 Å². The summed E-state index contributed by atoms with van der Waals surface area (Å²) in [5.74, 6) is -0.165. The van der Waals surface area contributed by atoms with Crippen LogP contribution in [0, 0.1) is 0 Å². The molecular weight excluding hydrogens is 188 g/mol. The summed E-state index contributed by atoms with van der Waals surface area (Å²) >= 11 is 0. The second-order valence-corrected chi connectivity index (χ2v) is 4.01. The fourth-order valence-corrected chi connectivity index (χ4v) is 1.03. The first-order chi connectivity index (χ1) is 7.02. The van der Waals surface area contributed by atoms with E-state index in [1.165, 1.54) is 0 Å². The van der Waals surface area contributed by atoms with Gasteiger partial charge in [-0.3, -0.25) is 4.79 Å². The van der Waals surface area contributed by atoms with Crippen molar-refractivity contribution in [1.29, 1.82) is 0 Å². The Morgan fingerprint density at radius 2 is 1.93 bits per heavy atom. The highest BCUT2D eigenvalue weighted by Crippen LogP contribution is 2.12. The minimum atomic E-state index is -0.510. The van der Waals surface area contributed by atoms with Gasteiger partial charge in [0.05, 0.1) is 0 Å². The number of esters is 1. The first kappa shape index (κ1) is 13.9. The predicted octanol–water partition coefficient (Wildman–Crippen LogP) is 3.63. The van der Waals surface area contributed by atoms with Crippen LogP contribution in [0.1, 0.15) is 47.0 Å². The van der Waals surface area contributed by atoms with Gasteiger partial charge in [0.15, 0.2) is 0 Å². The van der Waals surface area contributed by atoms with Gasteiger partial charge in [-0.1, -0.05) is 38.5 Å². The second kappa shape index (κ2) is 7.27. The first-order valence-corrected chi connectivity index (χ1v) is 5.58. The van der Waals surface area contributed by atoms with E-state index in [0.29, 0.717) is 6.42 Å². The molecule has 0 aliphatic rings. The van der Waals surface area contributed by atoms with Crippen molar-refractivity contribution in [3.8, 4) is 0 Å². The lowest BCUT2D eigenvalue weighted by atomic mass is 10.1. The van der Waals surface area contributed by atoms with Crippen molar-refractivity contribution in [3.05, 3.63) is 24.3 Å². The predicted molar refractivity (Wildman–Crippen MR) is 63.7 cm³/mol. The monoisotopic (exact) mass is 210 g/mol. The molecule has 0 saturated carbocycles. The van der Waals surface area contributed by atoms with E-state index in [1.54, 1.807) is 6.92 Å². The molecule has 0 heterocycles. The highest BCUT2D eigenvalue weighted by atomic mass is 16.6. The molecule has 0 aromatic carbocycles. The molecule has 0 unspecified atom stereocenters. The molecule has 2 nitrogen and oxygen atoms in total. The van der Waals surface area contributed by atoms with Gasteiger partial charge in [-0.05, 0) is 26.3 Å². The molecule has 0 aliphatic heterocycles. The fourth-order valence-electron chi connectivity index (χ4n) is 1.03. The SMILES string of the molecule is CCC/C=C/C=C/C(C)(C)OC(=O)CC. The van der Waals surface area contributed by atoms with Crippen LogP contribution in [0.2, 0.25) is 0 Å². The van der Waals surface area contributed by atoms with E-state index in [9.17, 15) is 4.79 Å². The number of carbonyl (C=O) groups is 1. The third-order valence-electron chi connectivity index (χ3n) is 1.87. The minimum Gasteiger partial charge on any atom is -0.455 e. The van der Waals surface area contributed by atoms with Crippen molar-refractivity contribution in [2.45, 2.75) is 52.6 Å². The summed E-state index contributed by atoms with van der Waals surface area (Å²) in [5, 5.41) is 0. The maximum atomic E-state index is 11.1. The molecule has 86 valence electrons. The maximum absolute atomic E-state index is 11.1. The molecular formula is C13H22O2. The first-order valence-electron chi connectivity index (χ1n) is 5.58. The molecule has 2 heteroatoms. The lowest BCUT2D eigenvalue weighted by Gasteiger charge is -2.20. The Morgan fingerprint density at radius 3 is 2.47 bits per heavy atom. The molecule has 0 bridgehead atoms. The maximum Gasteiger partial charge on any atom is 0.306 e. The zero-order chi connectivity index (χ0) is 11.7. The summed E-state index contributed by atoms with van der Waals surface area (Å²) in [6, 6.07) is 0. The Morgan fingerprint density at radius 1 is 1.27 bits per heavy atom. The summed E-state index contributed by atoms with van der Waals surface area (Å²) in [6.07, 6.45) is 10.6. The molecule has 0 aliphatic carbocycles. The topological polar surface area (TPSA) is 26.3 Å². The zero-order valence-electron chi connectivity index (χ0n) is 10.2. The van der Waals surface area contributed by atoms with E-state index in [2.05, 4.69) is 13.0 Å². The van der Waals surface area contributed by atoms with Gasteiger partial charge in [-0.2, -0.15) is 0 Å². The van der Waals surface area contributed by atoms with Crippen LogP contribution in [0.3, 0.4) is 0 Å². The standard InChI is InChI=1S/C13H22O2/c1-5-7-8-9-10-11-13(3,4)15-12(14)6-2/h8-11H,5-7H2,1-4H3/b9-8+,11-10+. The number of unbranched alkanes of at least 4 members (excludes halogenated alkanes) is 1. The second-order valence-electron chi connectivity index (χ2n) is 4.01. The highest BCUT2D eigenvalue weighted by Gasteiger charge is 2.17. The molecule has 0 saturated heterocycles. The lowest BCUT2D eigenvalue weighted by molar-refractivity contribution is -0.152. The van der Waals surface area contributed by atoms with Crippen molar-refractivity contribution in [2.24, 2.45) is 0 Å². The van der Waals surface area contributed by atoms with E-state index < -0.39 is 5.60 Å². The van der Waals surface area contributed by atoms with Crippen LogP contribution >= 0.6 is 0 Å². The number of ether oxygens (including phenoxy) is 1. The summed E-state index contributed by atoms with van der Waals surface area (Å²) in [6.45, 7) is 7.69. The third kappa shape index (κ3) is 7.98. The lowest BCUT2D eigenvalue weighted by Crippen LogP contribution is -2.24. The van der Waals surface area contributed by atoms with Crippen LogP contribution in [0.5, 0.6) is 0 Å². The van der Waals surface area contributed by atoms with Crippen LogP contribution in [-0.2, 0) is 9.53 Å². The largest absolute Gasteiger partial charge is 0.455 e. The molecule has 0 fully saturated rings. The van der Waals surface area contributed by atoms with Crippen molar-refractivity contribution in [3.63, 3.8) is 0 Å². The van der Waals surface area contributed by atoms with Gasteiger partial charge in [0, 0.05) is 6.42 Å². The van der Waals surface area contributed by atoms with Crippen LogP contribution in [0.15, 0.2) is 24.3 Å². The van der Waals surface area contributed by atoms with Crippen molar-refractivity contribution in [1.82, 2.24) is 0 Å². The molecule has 0 amide bonds. The van der Waals surface area contributed by atoms with Gasteiger partial charge in [-0.15, -0.1) is 0 Å². The van der Waals surface area contributed by atoms with Crippen LogP contribution in [0.4, 0.5) is 0 Å². The van der Waals surface area contributed by atoms with E-state index >= 15 is 0 Å². The van der Waals surface area contributed by atoms with E-state index in [4.69, 9.17) is 4.74 Å². The van der Waals surface area contributed by atoms with Crippen molar-refractivity contribution >= 4 is 5.97 Å². The molecule has 15 heavy (non-hydrogen) atoms. The number of allylic oxidation sites excluding steroid dienone is 3. The Balaban J connectivity index is 4.06. The summed E-state index contributed by atoms with van der Waals surface area (Å²) in [5.41, 5.74) is -0.510. The molecule has 0 atom stereocenters. The van der Waals surface area contributed by atoms with Crippen molar-refractivity contribution < 1.29 is 9.53 Å². The molecule has 0 aromatic rings. The van der Waals surface area contributed by atoms with Gasteiger partial charge in [0.1, 0.15) is 5.60 Å². The fraction of sp³-hybridized carbons (Fsp3) is 0.615. The van der Waals surface area contributed by atoms with E-state index in [-0.39, 0.29) is 5.97 Å². The quantitative estimate of drug-likeness (QED) is 0.494. The van der Waals surface area contributed by atoms with Crippen LogP contribution < -0.4 is 0 Å². The van der Waals surface area contributed by atoms with E-state index in [1.807, 2.05) is 32.1 Å². The average Bonchev–Trinajstić information content (AvgIpc) is 2.16. The zero-order valence-corrected chi connectivity index (χ0v) is 10.2. The van der Waals surface area contributed by atoms with Gasteiger partial charge >= 0.3 is 5.97 Å². The molecule has 0 aromatic heterocycles. The number of carbonyl (C=O) groups excluding carboxylic acids is 1. The molecule has 0 N–H and O–H groups in total. The minimum absolute atomic E-state index is 0.165. The smallest absolute Gasteiger partial charge is 0.306 e. The average molecular weight is 210 g/mol. The molecule has 0 rings (SSSR count). The Labute approximate surface area is 93.0 Å². The summed E-state index contributed by atoms with van der Waals surface area (Å²) < 4.78 is 5.23. The van der Waals surface area contributed by atoms with E-state index in [0.717, 1.165) is 12.8 Å². The van der Waals surface area contributed by atoms with Gasteiger partial charge in [0.25, 0.3) is 0 Å². The third-order valence-corrected chi connectivity index (χ3v) is 1.87.